The van der Waals surface area contributed by atoms with Gasteiger partial charge in [0.2, 0.25) is 0 Å². The number of halogens is 1. The van der Waals surface area contributed by atoms with Crippen molar-refractivity contribution in [1.29, 1.82) is 0 Å². The summed E-state index contributed by atoms with van der Waals surface area (Å²) in [7, 11) is 0. The summed E-state index contributed by atoms with van der Waals surface area (Å²) in [5.41, 5.74) is 0.874. The fourth-order valence-electron chi connectivity index (χ4n) is 1.87. The van der Waals surface area contributed by atoms with Gasteiger partial charge in [0.15, 0.2) is 0 Å². The number of ether oxygens (including phenoxy) is 1. The largest absolute Gasteiger partial charge is 0.454 e. The van der Waals surface area contributed by atoms with Gasteiger partial charge in [0.1, 0.15) is 11.4 Å². The van der Waals surface area contributed by atoms with Crippen LogP contribution < -0.4 is 0 Å². The van der Waals surface area contributed by atoms with E-state index in [1.807, 2.05) is 6.92 Å². The fourth-order valence-corrected chi connectivity index (χ4v) is 1.87. The minimum Gasteiger partial charge on any atom is -0.454 e. The fraction of sp³-hybridized carbons (Fsp3) is 0.417. The maximum Gasteiger partial charge on any atom is 0.306 e. The number of esters is 1. The number of cyclic esters (lactones) is 1. The lowest BCUT2D eigenvalue weighted by atomic mass is 9.92. The average molecular weight is 208 g/mol. The van der Waals surface area contributed by atoms with Crippen molar-refractivity contribution in [2.45, 2.75) is 32.3 Å². The Morgan fingerprint density at radius 2 is 2.20 bits per heavy atom. The van der Waals surface area contributed by atoms with E-state index in [0.717, 1.165) is 5.56 Å². The third-order valence-corrected chi connectivity index (χ3v) is 2.91. The van der Waals surface area contributed by atoms with Crippen molar-refractivity contribution in [3.05, 3.63) is 35.1 Å². The van der Waals surface area contributed by atoms with E-state index in [1.165, 1.54) is 6.07 Å². The van der Waals surface area contributed by atoms with Crippen molar-refractivity contribution in [2.24, 2.45) is 0 Å². The molecule has 1 aliphatic heterocycles. The molecule has 1 fully saturated rings. The summed E-state index contributed by atoms with van der Waals surface area (Å²) in [5.74, 6) is -0.411. The molecule has 1 heterocycles. The van der Waals surface area contributed by atoms with Crippen molar-refractivity contribution in [3.8, 4) is 0 Å². The predicted octanol–water partition coefficient (Wildman–Crippen LogP) is 2.69. The zero-order chi connectivity index (χ0) is 11.1. The molecule has 1 aromatic carbocycles. The summed E-state index contributed by atoms with van der Waals surface area (Å²) in [6.45, 7) is 3.57. The Hall–Kier alpha value is -1.38. The summed E-state index contributed by atoms with van der Waals surface area (Å²) < 4.78 is 18.3. The van der Waals surface area contributed by atoms with Crippen LogP contribution in [0.2, 0.25) is 0 Å². The second kappa shape index (κ2) is 3.33. The quantitative estimate of drug-likeness (QED) is 0.663. The maximum atomic E-state index is 13.1. The highest BCUT2D eigenvalue weighted by atomic mass is 19.1. The van der Waals surface area contributed by atoms with E-state index < -0.39 is 5.60 Å². The molecular weight excluding hydrogens is 195 g/mol. The molecule has 80 valence electrons. The van der Waals surface area contributed by atoms with Gasteiger partial charge in [-0.05, 0) is 37.1 Å². The Morgan fingerprint density at radius 3 is 2.73 bits per heavy atom. The van der Waals surface area contributed by atoms with Crippen molar-refractivity contribution in [3.63, 3.8) is 0 Å². The monoisotopic (exact) mass is 208 g/mol. The number of hydrogen-bond acceptors (Lipinski definition) is 2. The third-order valence-electron chi connectivity index (χ3n) is 2.91. The highest BCUT2D eigenvalue weighted by molar-refractivity contribution is 5.72. The number of aryl methyl sites for hydroxylation is 1. The van der Waals surface area contributed by atoms with E-state index in [9.17, 15) is 9.18 Å². The first kappa shape index (κ1) is 10.1. The maximum absolute atomic E-state index is 13.1. The predicted molar refractivity (Wildman–Crippen MR) is 53.8 cm³/mol. The highest BCUT2D eigenvalue weighted by Gasteiger charge is 2.37. The lowest BCUT2D eigenvalue weighted by Crippen LogP contribution is -2.21. The number of rotatable bonds is 1. The topological polar surface area (TPSA) is 26.3 Å². The Balaban J connectivity index is 2.37. The second-order valence-electron chi connectivity index (χ2n) is 4.17. The first-order valence-corrected chi connectivity index (χ1v) is 5.00. The Kier molecular flexibility index (Phi) is 2.25. The SMILES string of the molecule is Cc1cc(C2(C)CCC(=O)O2)ccc1F. The van der Waals surface area contributed by atoms with Gasteiger partial charge in [-0.2, -0.15) is 0 Å². The lowest BCUT2D eigenvalue weighted by Gasteiger charge is -2.23. The molecule has 1 aromatic rings. The lowest BCUT2D eigenvalue weighted by molar-refractivity contribution is -0.147. The molecular formula is C12H13FO2. The molecule has 2 nitrogen and oxygen atoms in total. The normalized spacial score (nSPS) is 25.4. The molecule has 0 aliphatic carbocycles. The zero-order valence-electron chi connectivity index (χ0n) is 8.84. The van der Waals surface area contributed by atoms with E-state index in [1.54, 1.807) is 19.1 Å². The molecule has 0 radical (unpaired) electrons. The molecule has 0 aromatic heterocycles. The van der Waals surface area contributed by atoms with Gasteiger partial charge in [-0.15, -0.1) is 0 Å². The number of carbonyl (C=O) groups excluding carboxylic acids is 1. The number of hydrogen-bond donors (Lipinski definition) is 0. The summed E-state index contributed by atoms with van der Waals surface area (Å²) in [6.07, 6.45) is 1.10. The molecule has 15 heavy (non-hydrogen) atoms. The third kappa shape index (κ3) is 1.74. The van der Waals surface area contributed by atoms with Crippen LogP contribution in [0.15, 0.2) is 18.2 Å². The van der Waals surface area contributed by atoms with Crippen molar-refractivity contribution < 1.29 is 13.9 Å². The van der Waals surface area contributed by atoms with Crippen LogP contribution in [0.3, 0.4) is 0 Å². The van der Waals surface area contributed by atoms with Crippen molar-refractivity contribution in [1.82, 2.24) is 0 Å². The van der Waals surface area contributed by atoms with Crippen LogP contribution in [-0.4, -0.2) is 5.97 Å². The molecule has 0 amide bonds. The zero-order valence-corrected chi connectivity index (χ0v) is 8.84. The average Bonchev–Trinajstić information content (AvgIpc) is 2.52. The number of benzene rings is 1. The van der Waals surface area contributed by atoms with Crippen LogP contribution in [0.4, 0.5) is 4.39 Å². The van der Waals surface area contributed by atoms with E-state index in [0.29, 0.717) is 18.4 Å². The minimum atomic E-state index is -0.574. The van der Waals surface area contributed by atoms with Gasteiger partial charge < -0.3 is 4.74 Å². The summed E-state index contributed by atoms with van der Waals surface area (Å²) >= 11 is 0. The van der Waals surface area contributed by atoms with E-state index in [2.05, 4.69) is 0 Å². The van der Waals surface area contributed by atoms with E-state index in [4.69, 9.17) is 4.74 Å². The highest BCUT2D eigenvalue weighted by Crippen LogP contribution is 2.36. The Bertz CT molecular complexity index is 414. The number of carbonyl (C=O) groups is 1. The standard InChI is InChI=1S/C12H13FO2/c1-8-7-9(3-4-10(8)13)12(2)6-5-11(14)15-12/h3-4,7H,5-6H2,1-2H3. The van der Waals surface area contributed by atoms with Crippen molar-refractivity contribution in [2.75, 3.05) is 0 Å². The van der Waals surface area contributed by atoms with Crippen LogP contribution >= 0.6 is 0 Å². The molecule has 1 unspecified atom stereocenters. The second-order valence-corrected chi connectivity index (χ2v) is 4.17. The van der Waals surface area contributed by atoms with Gasteiger partial charge in [0.25, 0.3) is 0 Å². The van der Waals surface area contributed by atoms with Crippen LogP contribution in [-0.2, 0) is 15.1 Å². The summed E-state index contributed by atoms with van der Waals surface area (Å²) in [5, 5.41) is 0. The first-order chi connectivity index (χ1) is 7.01. The Morgan fingerprint density at radius 1 is 1.47 bits per heavy atom. The molecule has 3 heteroatoms. The molecule has 1 saturated heterocycles. The molecule has 0 saturated carbocycles. The molecule has 0 N–H and O–H groups in total. The summed E-state index contributed by atoms with van der Waals surface area (Å²) in [4.78, 5) is 11.1. The minimum absolute atomic E-state index is 0.181. The van der Waals surface area contributed by atoms with Gasteiger partial charge in [-0.25, -0.2) is 4.39 Å². The summed E-state index contributed by atoms with van der Waals surface area (Å²) in [6, 6.07) is 4.84. The van der Waals surface area contributed by atoms with Gasteiger partial charge in [0, 0.05) is 12.8 Å². The smallest absolute Gasteiger partial charge is 0.306 e. The van der Waals surface area contributed by atoms with E-state index in [-0.39, 0.29) is 11.8 Å². The molecule has 0 bridgehead atoms. The van der Waals surface area contributed by atoms with Gasteiger partial charge >= 0.3 is 5.97 Å². The van der Waals surface area contributed by atoms with Crippen LogP contribution in [0, 0.1) is 12.7 Å². The van der Waals surface area contributed by atoms with Crippen LogP contribution in [0.1, 0.15) is 30.9 Å². The first-order valence-electron chi connectivity index (χ1n) is 5.00. The van der Waals surface area contributed by atoms with Crippen molar-refractivity contribution >= 4 is 5.97 Å². The van der Waals surface area contributed by atoms with Gasteiger partial charge in [-0.1, -0.05) is 6.07 Å². The molecule has 2 rings (SSSR count). The van der Waals surface area contributed by atoms with Gasteiger partial charge in [-0.3, -0.25) is 4.79 Å². The van der Waals surface area contributed by atoms with E-state index >= 15 is 0 Å². The van der Waals surface area contributed by atoms with Crippen LogP contribution in [0.25, 0.3) is 0 Å². The molecule has 1 aliphatic rings. The van der Waals surface area contributed by atoms with Crippen LogP contribution in [0.5, 0.6) is 0 Å². The Labute approximate surface area is 88.1 Å². The molecule has 1 atom stereocenters. The molecule has 0 spiro atoms. The van der Waals surface area contributed by atoms with Gasteiger partial charge in [0.05, 0.1) is 0 Å².